The molecule has 0 heterocycles. The number of rotatable bonds is 4. The predicted octanol–water partition coefficient (Wildman–Crippen LogP) is 1.18. The van der Waals surface area contributed by atoms with Crippen LogP contribution in [0.3, 0.4) is 0 Å². The quantitative estimate of drug-likeness (QED) is 0.731. The Kier molecular flexibility index (Phi) is 5.49. The number of phenols is 1. The van der Waals surface area contributed by atoms with E-state index in [1.54, 1.807) is 0 Å². The normalized spacial score (nSPS) is 9.53. The second kappa shape index (κ2) is 6.88. The lowest BCUT2D eigenvalue weighted by atomic mass is 10.2. The Balaban J connectivity index is 2.70. The van der Waals surface area contributed by atoms with E-state index in [2.05, 4.69) is 16.6 Å². The van der Waals surface area contributed by atoms with Crippen LogP contribution in [0.2, 0.25) is 10.0 Å². The van der Waals surface area contributed by atoms with E-state index in [1.165, 1.54) is 12.1 Å². The maximum absolute atomic E-state index is 11.8. The molecule has 0 saturated carbocycles. The van der Waals surface area contributed by atoms with Crippen LogP contribution in [-0.2, 0) is 4.79 Å². The van der Waals surface area contributed by atoms with Crippen LogP contribution in [0, 0.1) is 12.3 Å². The molecule has 5 nitrogen and oxygen atoms in total. The smallest absolute Gasteiger partial charge is 0.257 e. The Morgan fingerprint density at radius 1 is 1.32 bits per heavy atom. The molecule has 7 heteroatoms. The third-order valence-corrected chi connectivity index (χ3v) is 2.57. The van der Waals surface area contributed by atoms with E-state index < -0.39 is 11.8 Å². The number of halogens is 2. The van der Waals surface area contributed by atoms with Gasteiger partial charge in [0.25, 0.3) is 5.91 Å². The molecule has 0 fully saturated rings. The minimum Gasteiger partial charge on any atom is -0.507 e. The lowest BCUT2D eigenvalue weighted by molar-refractivity contribution is -0.119. The van der Waals surface area contributed by atoms with Crippen molar-refractivity contribution in [2.75, 3.05) is 13.1 Å². The third-order valence-electron chi connectivity index (χ3n) is 2.06. The minimum atomic E-state index is -0.685. The number of nitrogens with one attached hydrogen (secondary N) is 2. The second-order valence-electron chi connectivity index (χ2n) is 3.45. The summed E-state index contributed by atoms with van der Waals surface area (Å²) in [6.07, 6.45) is 4.96. The fourth-order valence-electron chi connectivity index (χ4n) is 1.25. The third kappa shape index (κ3) is 4.36. The van der Waals surface area contributed by atoms with Gasteiger partial charge in [-0.3, -0.25) is 9.59 Å². The van der Waals surface area contributed by atoms with Gasteiger partial charge in [-0.15, -0.1) is 6.42 Å². The average molecular weight is 301 g/mol. The Bertz CT molecular complexity index is 529. The molecule has 3 N–H and O–H groups in total. The van der Waals surface area contributed by atoms with Gasteiger partial charge < -0.3 is 15.7 Å². The number of carbonyl (C=O) groups excluding carboxylic acids is 2. The van der Waals surface area contributed by atoms with Crippen molar-refractivity contribution < 1.29 is 14.7 Å². The summed E-state index contributed by atoms with van der Waals surface area (Å²) >= 11 is 11.4. The zero-order valence-corrected chi connectivity index (χ0v) is 11.2. The fraction of sp³-hybridized carbons (Fsp3) is 0.167. The summed E-state index contributed by atoms with van der Waals surface area (Å²) in [4.78, 5) is 23.0. The largest absolute Gasteiger partial charge is 0.507 e. The summed E-state index contributed by atoms with van der Waals surface area (Å²) in [6, 6.07) is 2.50. The second-order valence-corrected chi connectivity index (χ2v) is 4.29. The molecule has 0 aliphatic rings. The molecule has 2 amide bonds. The number of phenolic OH excluding ortho intramolecular Hbond substituents is 1. The summed E-state index contributed by atoms with van der Waals surface area (Å²) in [5.74, 6) is 0.727. The molecule has 1 aromatic rings. The van der Waals surface area contributed by atoms with Crippen LogP contribution < -0.4 is 10.6 Å². The lowest BCUT2D eigenvalue weighted by Crippen LogP contribution is -2.37. The topological polar surface area (TPSA) is 78.4 Å². The molecular weight excluding hydrogens is 291 g/mol. The predicted molar refractivity (Wildman–Crippen MR) is 72.3 cm³/mol. The maximum atomic E-state index is 11.8. The molecule has 1 rings (SSSR count). The number of amides is 2. The van der Waals surface area contributed by atoms with E-state index >= 15 is 0 Å². The van der Waals surface area contributed by atoms with Crippen molar-refractivity contribution >= 4 is 35.0 Å². The first kappa shape index (κ1) is 15.2. The molecule has 0 radical (unpaired) electrons. The van der Waals surface area contributed by atoms with Gasteiger partial charge in [-0.05, 0) is 12.1 Å². The van der Waals surface area contributed by atoms with Gasteiger partial charge >= 0.3 is 0 Å². The molecule has 0 spiro atoms. The molecule has 1 aromatic carbocycles. The first-order valence-corrected chi connectivity index (χ1v) is 5.87. The average Bonchev–Trinajstić information content (AvgIpc) is 2.32. The fourth-order valence-corrected chi connectivity index (χ4v) is 1.81. The number of hydrogen-bond acceptors (Lipinski definition) is 3. The van der Waals surface area contributed by atoms with E-state index in [1.807, 2.05) is 0 Å². The molecule has 0 bridgehead atoms. The SMILES string of the molecule is C#CCNC(=O)CNC(=O)c1c(O)cc(Cl)cc1Cl. The maximum Gasteiger partial charge on any atom is 0.257 e. The van der Waals surface area contributed by atoms with Gasteiger partial charge in [0.15, 0.2) is 0 Å². The van der Waals surface area contributed by atoms with Crippen molar-refractivity contribution in [1.82, 2.24) is 10.6 Å². The molecule has 19 heavy (non-hydrogen) atoms. The van der Waals surface area contributed by atoms with E-state index in [0.717, 1.165) is 0 Å². The van der Waals surface area contributed by atoms with E-state index in [-0.39, 0.29) is 34.4 Å². The van der Waals surface area contributed by atoms with Crippen molar-refractivity contribution in [3.8, 4) is 18.1 Å². The van der Waals surface area contributed by atoms with E-state index in [4.69, 9.17) is 29.6 Å². The molecule has 0 aliphatic carbocycles. The summed E-state index contributed by atoms with van der Waals surface area (Å²) in [6.45, 7) is -0.208. The van der Waals surface area contributed by atoms with E-state index in [0.29, 0.717) is 0 Å². The van der Waals surface area contributed by atoms with Crippen LogP contribution in [-0.4, -0.2) is 30.0 Å². The van der Waals surface area contributed by atoms with Crippen LogP contribution in [0.4, 0.5) is 0 Å². The highest BCUT2D eigenvalue weighted by Crippen LogP contribution is 2.29. The number of benzene rings is 1. The first-order chi connectivity index (χ1) is 8.95. The molecule has 100 valence electrons. The first-order valence-electron chi connectivity index (χ1n) is 5.12. The number of aromatic hydroxyl groups is 1. The van der Waals surface area contributed by atoms with Gasteiger partial charge in [0.2, 0.25) is 5.91 Å². The summed E-state index contributed by atoms with van der Waals surface area (Å²) in [7, 11) is 0. The summed E-state index contributed by atoms with van der Waals surface area (Å²) < 4.78 is 0. The van der Waals surface area contributed by atoms with Gasteiger partial charge in [-0.25, -0.2) is 0 Å². The molecule has 0 saturated heterocycles. The van der Waals surface area contributed by atoms with Crippen LogP contribution in [0.1, 0.15) is 10.4 Å². The van der Waals surface area contributed by atoms with Gasteiger partial charge in [-0.1, -0.05) is 29.1 Å². The highest BCUT2D eigenvalue weighted by molar-refractivity contribution is 6.37. The van der Waals surface area contributed by atoms with E-state index in [9.17, 15) is 14.7 Å². The zero-order chi connectivity index (χ0) is 14.4. The standard InChI is InChI=1S/C12H10Cl2N2O3/c1-2-3-15-10(18)6-16-12(19)11-8(14)4-7(13)5-9(11)17/h1,4-5,17H,3,6H2,(H,15,18)(H,16,19). The Labute approximate surface area is 119 Å². The highest BCUT2D eigenvalue weighted by Gasteiger charge is 2.17. The van der Waals surface area contributed by atoms with Crippen LogP contribution in [0.15, 0.2) is 12.1 Å². The van der Waals surface area contributed by atoms with Crippen LogP contribution in [0.5, 0.6) is 5.75 Å². The Hall–Kier alpha value is -1.90. The number of carbonyl (C=O) groups is 2. The van der Waals surface area contributed by atoms with Crippen molar-refractivity contribution in [2.45, 2.75) is 0 Å². The molecule has 0 unspecified atom stereocenters. The van der Waals surface area contributed by atoms with Gasteiger partial charge in [0.1, 0.15) is 5.75 Å². The molecule has 0 aliphatic heterocycles. The highest BCUT2D eigenvalue weighted by atomic mass is 35.5. The monoisotopic (exact) mass is 300 g/mol. The van der Waals surface area contributed by atoms with Gasteiger partial charge in [0, 0.05) is 5.02 Å². The Morgan fingerprint density at radius 2 is 2.00 bits per heavy atom. The zero-order valence-electron chi connectivity index (χ0n) is 9.67. The molecular formula is C12H10Cl2N2O3. The number of terminal acetylenes is 1. The van der Waals surface area contributed by atoms with Crippen molar-refractivity contribution in [2.24, 2.45) is 0 Å². The molecule has 0 atom stereocenters. The van der Waals surface area contributed by atoms with Crippen molar-refractivity contribution in [1.29, 1.82) is 0 Å². The summed E-state index contributed by atoms with van der Waals surface area (Å²) in [5.41, 5.74) is -0.143. The summed E-state index contributed by atoms with van der Waals surface area (Å²) in [5, 5.41) is 14.5. The van der Waals surface area contributed by atoms with Crippen molar-refractivity contribution in [3.63, 3.8) is 0 Å². The van der Waals surface area contributed by atoms with Crippen LogP contribution >= 0.6 is 23.2 Å². The number of hydrogen-bond donors (Lipinski definition) is 3. The minimum absolute atomic E-state index is 0.00784. The molecule has 0 aromatic heterocycles. The Morgan fingerprint density at radius 3 is 2.58 bits per heavy atom. The van der Waals surface area contributed by atoms with Gasteiger partial charge in [-0.2, -0.15) is 0 Å². The van der Waals surface area contributed by atoms with Crippen molar-refractivity contribution in [3.05, 3.63) is 27.7 Å². The van der Waals surface area contributed by atoms with Crippen LogP contribution in [0.25, 0.3) is 0 Å². The van der Waals surface area contributed by atoms with Gasteiger partial charge in [0.05, 0.1) is 23.7 Å². The lowest BCUT2D eigenvalue weighted by Gasteiger charge is -2.08.